The molecule has 18 heavy (non-hydrogen) atoms. The molecule has 2 heterocycles. The highest BCUT2D eigenvalue weighted by molar-refractivity contribution is 7.17. The summed E-state index contributed by atoms with van der Waals surface area (Å²) in [5, 5.41) is 2.92. The molecule has 0 aromatic carbocycles. The summed E-state index contributed by atoms with van der Waals surface area (Å²) in [4.78, 5) is 12.7. The average Bonchev–Trinajstić information content (AvgIpc) is 2.97. The number of thiophene rings is 1. The number of amides is 1. The Morgan fingerprint density at radius 3 is 3.11 bits per heavy atom. The fraction of sp³-hybridized carbons (Fsp3) is 0.462. The van der Waals surface area contributed by atoms with Crippen LogP contribution in [0.15, 0.2) is 18.2 Å². The van der Waals surface area contributed by atoms with Crippen molar-refractivity contribution in [3.63, 3.8) is 0 Å². The Kier molecular flexibility index (Phi) is 4.80. The molecule has 0 aliphatic carbocycles. The predicted molar refractivity (Wildman–Crippen MR) is 74.9 cm³/mol. The molecule has 2 rings (SSSR count). The Labute approximate surface area is 116 Å². The van der Waals surface area contributed by atoms with Gasteiger partial charge in [-0.3, -0.25) is 4.79 Å². The fourth-order valence-electron chi connectivity index (χ4n) is 1.94. The van der Waals surface area contributed by atoms with Gasteiger partial charge in [0.15, 0.2) is 0 Å². The topological polar surface area (TPSA) is 38.3 Å². The molecule has 0 spiro atoms. The molecule has 1 amide bonds. The molecule has 1 aromatic heterocycles. The van der Waals surface area contributed by atoms with E-state index >= 15 is 0 Å². The van der Waals surface area contributed by atoms with E-state index in [9.17, 15) is 4.79 Å². The molecule has 1 N–H and O–H groups in total. The Hall–Kier alpha value is -0.840. The molecule has 1 aliphatic rings. The Morgan fingerprint density at radius 2 is 2.50 bits per heavy atom. The van der Waals surface area contributed by atoms with Crippen molar-refractivity contribution in [2.45, 2.75) is 31.9 Å². The number of carbonyl (C=O) groups excluding carboxylic acids is 1. The first-order valence-corrected chi connectivity index (χ1v) is 7.20. The van der Waals surface area contributed by atoms with Gasteiger partial charge in [-0.1, -0.05) is 11.6 Å². The fourth-order valence-corrected chi connectivity index (χ4v) is 2.90. The van der Waals surface area contributed by atoms with E-state index in [1.165, 1.54) is 17.4 Å². The van der Waals surface area contributed by atoms with Crippen LogP contribution < -0.4 is 5.32 Å². The molecule has 0 bridgehead atoms. The standard InChI is InChI=1S/C13H16ClNO2S/c1-9(11-3-2-8-17-11)15-13(16)7-5-10-4-6-12(14)18-10/h4-7,9,11H,2-3,8H2,1H3,(H,15,16)/b7-5+/t9-,11-/m0/s1. The van der Waals surface area contributed by atoms with Gasteiger partial charge in [0.1, 0.15) is 0 Å². The van der Waals surface area contributed by atoms with Crippen LogP contribution in [0.5, 0.6) is 0 Å². The third kappa shape index (κ3) is 3.83. The van der Waals surface area contributed by atoms with Crippen molar-refractivity contribution < 1.29 is 9.53 Å². The van der Waals surface area contributed by atoms with Crippen molar-refractivity contribution in [3.05, 3.63) is 27.4 Å². The second kappa shape index (κ2) is 6.36. The summed E-state index contributed by atoms with van der Waals surface area (Å²) < 4.78 is 6.25. The lowest BCUT2D eigenvalue weighted by Gasteiger charge is -2.18. The highest BCUT2D eigenvalue weighted by atomic mass is 35.5. The first-order chi connectivity index (χ1) is 8.65. The summed E-state index contributed by atoms with van der Waals surface area (Å²) in [6.45, 7) is 2.78. The first-order valence-electron chi connectivity index (χ1n) is 6.00. The van der Waals surface area contributed by atoms with Crippen molar-refractivity contribution in [1.82, 2.24) is 5.32 Å². The highest BCUT2D eigenvalue weighted by Crippen LogP contribution is 2.22. The maximum atomic E-state index is 11.7. The molecule has 1 aliphatic heterocycles. The van der Waals surface area contributed by atoms with Gasteiger partial charge in [-0.2, -0.15) is 0 Å². The number of hydrogen-bond donors (Lipinski definition) is 1. The Bertz CT molecular complexity index is 438. The van der Waals surface area contributed by atoms with Crippen LogP contribution in [0.3, 0.4) is 0 Å². The van der Waals surface area contributed by atoms with E-state index in [1.807, 2.05) is 19.1 Å². The van der Waals surface area contributed by atoms with Crippen LogP contribution in [-0.2, 0) is 9.53 Å². The molecule has 0 radical (unpaired) electrons. The van der Waals surface area contributed by atoms with Crippen LogP contribution >= 0.6 is 22.9 Å². The molecule has 98 valence electrons. The largest absolute Gasteiger partial charge is 0.376 e. The Morgan fingerprint density at radius 1 is 1.67 bits per heavy atom. The number of carbonyl (C=O) groups is 1. The lowest BCUT2D eigenvalue weighted by molar-refractivity contribution is -0.117. The van der Waals surface area contributed by atoms with Crippen LogP contribution in [0.2, 0.25) is 4.34 Å². The molecule has 1 saturated heterocycles. The van der Waals surface area contributed by atoms with Crippen LogP contribution in [0, 0.1) is 0 Å². The van der Waals surface area contributed by atoms with E-state index < -0.39 is 0 Å². The van der Waals surface area contributed by atoms with Crippen molar-refractivity contribution in [2.24, 2.45) is 0 Å². The van der Waals surface area contributed by atoms with Crippen LogP contribution in [-0.4, -0.2) is 24.7 Å². The molecule has 1 fully saturated rings. The van der Waals surface area contributed by atoms with Gasteiger partial charge in [0, 0.05) is 17.6 Å². The molecule has 5 heteroatoms. The van der Waals surface area contributed by atoms with E-state index in [0.29, 0.717) is 0 Å². The van der Waals surface area contributed by atoms with Crippen LogP contribution in [0.1, 0.15) is 24.6 Å². The van der Waals surface area contributed by atoms with Gasteiger partial charge in [0.25, 0.3) is 0 Å². The summed E-state index contributed by atoms with van der Waals surface area (Å²) in [7, 11) is 0. The van der Waals surface area contributed by atoms with E-state index in [4.69, 9.17) is 16.3 Å². The molecule has 2 atom stereocenters. The number of ether oxygens (including phenoxy) is 1. The number of nitrogens with one attached hydrogen (secondary N) is 1. The molecular formula is C13H16ClNO2S. The van der Waals surface area contributed by atoms with Crippen molar-refractivity contribution in [2.75, 3.05) is 6.61 Å². The van der Waals surface area contributed by atoms with Gasteiger partial charge in [-0.25, -0.2) is 0 Å². The maximum absolute atomic E-state index is 11.7. The lowest BCUT2D eigenvalue weighted by atomic mass is 10.1. The minimum atomic E-state index is -0.0949. The van der Waals surface area contributed by atoms with Gasteiger partial charge in [-0.15, -0.1) is 11.3 Å². The van der Waals surface area contributed by atoms with Crippen molar-refractivity contribution in [3.8, 4) is 0 Å². The maximum Gasteiger partial charge on any atom is 0.244 e. The van der Waals surface area contributed by atoms with Gasteiger partial charge in [-0.05, 0) is 38.0 Å². The van der Waals surface area contributed by atoms with Gasteiger partial charge in [0.05, 0.1) is 16.5 Å². The zero-order chi connectivity index (χ0) is 13.0. The number of halogens is 1. The normalized spacial score (nSPS) is 21.3. The SMILES string of the molecule is C[C@H](NC(=O)/C=C/c1ccc(Cl)s1)[C@@H]1CCCO1. The minimum Gasteiger partial charge on any atom is -0.376 e. The molecule has 0 saturated carbocycles. The number of hydrogen-bond acceptors (Lipinski definition) is 3. The first kappa shape index (κ1) is 13.6. The molecule has 0 unspecified atom stereocenters. The number of rotatable bonds is 4. The quantitative estimate of drug-likeness (QED) is 0.864. The summed E-state index contributed by atoms with van der Waals surface area (Å²) in [5.74, 6) is -0.0949. The van der Waals surface area contributed by atoms with Gasteiger partial charge in [0.2, 0.25) is 5.91 Å². The van der Waals surface area contributed by atoms with Gasteiger partial charge < -0.3 is 10.1 Å². The monoisotopic (exact) mass is 285 g/mol. The summed E-state index contributed by atoms with van der Waals surface area (Å²) in [6, 6.07) is 3.76. The van der Waals surface area contributed by atoms with E-state index in [0.717, 1.165) is 28.7 Å². The Balaban J connectivity index is 1.82. The van der Waals surface area contributed by atoms with Gasteiger partial charge >= 0.3 is 0 Å². The van der Waals surface area contributed by atoms with Crippen molar-refractivity contribution in [1.29, 1.82) is 0 Å². The zero-order valence-corrected chi connectivity index (χ0v) is 11.8. The van der Waals surface area contributed by atoms with E-state index in [1.54, 1.807) is 6.08 Å². The van der Waals surface area contributed by atoms with E-state index in [2.05, 4.69) is 5.32 Å². The predicted octanol–water partition coefficient (Wildman–Crippen LogP) is 3.10. The molecule has 1 aromatic rings. The highest BCUT2D eigenvalue weighted by Gasteiger charge is 2.22. The average molecular weight is 286 g/mol. The molecular weight excluding hydrogens is 270 g/mol. The zero-order valence-electron chi connectivity index (χ0n) is 10.2. The van der Waals surface area contributed by atoms with E-state index in [-0.39, 0.29) is 18.1 Å². The van der Waals surface area contributed by atoms with Crippen LogP contribution in [0.25, 0.3) is 6.08 Å². The second-order valence-electron chi connectivity index (χ2n) is 4.32. The minimum absolute atomic E-state index is 0.0524. The summed E-state index contributed by atoms with van der Waals surface area (Å²) >= 11 is 7.26. The second-order valence-corrected chi connectivity index (χ2v) is 6.07. The lowest BCUT2D eigenvalue weighted by Crippen LogP contribution is -2.39. The smallest absolute Gasteiger partial charge is 0.244 e. The van der Waals surface area contributed by atoms with Crippen LogP contribution in [0.4, 0.5) is 0 Å². The third-order valence-corrected chi connectivity index (χ3v) is 4.08. The summed E-state index contributed by atoms with van der Waals surface area (Å²) in [6.07, 6.45) is 5.56. The summed E-state index contributed by atoms with van der Waals surface area (Å²) in [5.41, 5.74) is 0. The molecule has 3 nitrogen and oxygen atoms in total. The third-order valence-electron chi connectivity index (χ3n) is 2.89. The van der Waals surface area contributed by atoms with Crippen molar-refractivity contribution >= 4 is 34.9 Å².